The zero-order chi connectivity index (χ0) is 17.9. The number of rotatable bonds is 1. The second-order valence-corrected chi connectivity index (χ2v) is 7.38. The molecule has 24 heavy (non-hydrogen) atoms. The maximum atomic E-state index is 12.9. The maximum Gasteiger partial charge on any atom is 0.453 e. The van der Waals surface area contributed by atoms with E-state index in [1.54, 1.807) is 13.0 Å². The van der Waals surface area contributed by atoms with Crippen LogP contribution in [0.4, 0.5) is 19.0 Å². The van der Waals surface area contributed by atoms with Crippen LogP contribution in [0.1, 0.15) is 39.2 Å². The lowest BCUT2D eigenvalue weighted by atomic mass is 9.99. The van der Waals surface area contributed by atoms with Gasteiger partial charge in [-0.3, -0.25) is 0 Å². The van der Waals surface area contributed by atoms with Gasteiger partial charge in [-0.15, -0.1) is 5.10 Å². The molecule has 0 N–H and O–H groups in total. The number of nitrogens with zero attached hydrogens (tertiary/aromatic N) is 5. The van der Waals surface area contributed by atoms with E-state index < -0.39 is 23.2 Å². The van der Waals surface area contributed by atoms with E-state index >= 15 is 0 Å². The number of alkyl halides is 3. The highest BCUT2D eigenvalue weighted by atomic mass is 19.4. The topological polar surface area (TPSA) is 55.6 Å². The molecule has 0 bridgehead atoms. The first-order chi connectivity index (χ1) is 10.9. The number of morpholine rings is 1. The summed E-state index contributed by atoms with van der Waals surface area (Å²) >= 11 is 0. The van der Waals surface area contributed by atoms with E-state index in [0.717, 1.165) is 4.52 Å². The minimum Gasteiger partial charge on any atom is -0.366 e. The Morgan fingerprint density at radius 1 is 1.08 bits per heavy atom. The molecule has 0 saturated carbocycles. The number of halogens is 3. The SMILES string of the molecule is Cc1cc(N2CC(C)(C)OC(C)(C)C2)n2nc(C(F)(F)F)nc2n1. The number of hydrogen-bond donors (Lipinski definition) is 0. The predicted octanol–water partition coefficient (Wildman–Crippen LogP) is 2.85. The highest BCUT2D eigenvalue weighted by molar-refractivity contribution is 5.49. The van der Waals surface area contributed by atoms with Crippen molar-refractivity contribution in [1.82, 2.24) is 19.6 Å². The number of aryl methyl sites for hydroxylation is 1. The monoisotopic (exact) mass is 343 g/mol. The Morgan fingerprint density at radius 2 is 1.67 bits per heavy atom. The van der Waals surface area contributed by atoms with Gasteiger partial charge in [0.2, 0.25) is 0 Å². The Kier molecular flexibility index (Phi) is 3.56. The lowest BCUT2D eigenvalue weighted by Gasteiger charge is -2.47. The van der Waals surface area contributed by atoms with Crippen molar-refractivity contribution in [3.63, 3.8) is 0 Å². The summed E-state index contributed by atoms with van der Waals surface area (Å²) in [5, 5.41) is 3.63. The van der Waals surface area contributed by atoms with Crippen LogP contribution in [-0.4, -0.2) is 43.9 Å². The molecule has 1 aliphatic rings. The van der Waals surface area contributed by atoms with Gasteiger partial charge >= 0.3 is 6.18 Å². The lowest BCUT2D eigenvalue weighted by molar-refractivity contribution is -0.144. The maximum absolute atomic E-state index is 12.9. The van der Waals surface area contributed by atoms with E-state index in [-0.39, 0.29) is 5.78 Å². The van der Waals surface area contributed by atoms with Crippen LogP contribution in [0.3, 0.4) is 0 Å². The van der Waals surface area contributed by atoms with Crippen molar-refractivity contribution >= 4 is 11.6 Å². The molecule has 132 valence electrons. The van der Waals surface area contributed by atoms with Gasteiger partial charge in [0.25, 0.3) is 11.6 Å². The summed E-state index contributed by atoms with van der Waals surface area (Å²) in [5.74, 6) is -0.710. The molecule has 1 saturated heterocycles. The van der Waals surface area contributed by atoms with Crippen molar-refractivity contribution in [3.05, 3.63) is 17.6 Å². The van der Waals surface area contributed by atoms with Crippen molar-refractivity contribution in [2.45, 2.75) is 52.0 Å². The highest BCUT2D eigenvalue weighted by Crippen LogP contribution is 2.32. The Morgan fingerprint density at radius 3 is 2.21 bits per heavy atom. The summed E-state index contributed by atoms with van der Waals surface area (Å²) in [4.78, 5) is 9.57. The third-order valence-electron chi connectivity index (χ3n) is 3.69. The van der Waals surface area contributed by atoms with E-state index in [0.29, 0.717) is 24.6 Å². The Bertz CT molecular complexity index is 765. The first-order valence-corrected chi connectivity index (χ1v) is 7.63. The van der Waals surface area contributed by atoms with Crippen molar-refractivity contribution < 1.29 is 17.9 Å². The van der Waals surface area contributed by atoms with Gasteiger partial charge in [0.1, 0.15) is 5.82 Å². The van der Waals surface area contributed by atoms with Crippen molar-refractivity contribution in [1.29, 1.82) is 0 Å². The van der Waals surface area contributed by atoms with Crippen LogP contribution in [-0.2, 0) is 10.9 Å². The van der Waals surface area contributed by atoms with Crippen LogP contribution in [0, 0.1) is 6.92 Å². The smallest absolute Gasteiger partial charge is 0.366 e. The minimum atomic E-state index is -4.61. The van der Waals surface area contributed by atoms with Crippen LogP contribution < -0.4 is 4.90 Å². The second-order valence-electron chi connectivity index (χ2n) is 7.38. The molecule has 1 aliphatic heterocycles. The molecule has 2 aromatic rings. The van der Waals surface area contributed by atoms with Crippen molar-refractivity contribution in [2.75, 3.05) is 18.0 Å². The molecule has 0 amide bonds. The molecular formula is C15H20F3N5O. The number of hydrogen-bond acceptors (Lipinski definition) is 5. The summed E-state index contributed by atoms with van der Waals surface area (Å²) in [6.45, 7) is 10.6. The molecular weight excluding hydrogens is 323 g/mol. The first-order valence-electron chi connectivity index (χ1n) is 7.63. The molecule has 0 aromatic carbocycles. The molecule has 6 nitrogen and oxygen atoms in total. The van der Waals surface area contributed by atoms with Crippen LogP contribution in [0.15, 0.2) is 6.07 Å². The number of fused-ring (bicyclic) bond motifs is 1. The molecule has 9 heteroatoms. The van der Waals surface area contributed by atoms with Gasteiger partial charge in [-0.1, -0.05) is 0 Å². The highest BCUT2D eigenvalue weighted by Gasteiger charge is 2.40. The normalized spacial score (nSPS) is 20.6. The summed E-state index contributed by atoms with van der Waals surface area (Å²) < 4.78 is 46.0. The van der Waals surface area contributed by atoms with E-state index in [1.165, 1.54) is 0 Å². The molecule has 0 radical (unpaired) electrons. The lowest BCUT2D eigenvalue weighted by Crippen LogP contribution is -2.57. The van der Waals surface area contributed by atoms with Crippen molar-refractivity contribution in [3.8, 4) is 0 Å². The molecule has 0 unspecified atom stereocenters. The Labute approximate surface area is 137 Å². The van der Waals surface area contributed by atoms with Crippen LogP contribution in [0.5, 0.6) is 0 Å². The number of anilines is 1. The Hall–Kier alpha value is -1.90. The minimum absolute atomic E-state index is 0.0561. The largest absolute Gasteiger partial charge is 0.453 e. The Balaban J connectivity index is 2.13. The number of aromatic nitrogens is 4. The van der Waals surface area contributed by atoms with E-state index in [2.05, 4.69) is 15.1 Å². The average Bonchev–Trinajstić information content (AvgIpc) is 2.77. The van der Waals surface area contributed by atoms with Gasteiger partial charge in [-0.2, -0.15) is 22.7 Å². The van der Waals surface area contributed by atoms with Crippen LogP contribution >= 0.6 is 0 Å². The number of ether oxygens (including phenoxy) is 1. The molecule has 0 spiro atoms. The zero-order valence-corrected chi connectivity index (χ0v) is 14.3. The average molecular weight is 343 g/mol. The summed E-state index contributed by atoms with van der Waals surface area (Å²) in [6, 6.07) is 1.72. The quantitative estimate of drug-likeness (QED) is 0.797. The molecule has 0 aliphatic carbocycles. The first kappa shape index (κ1) is 16.9. The zero-order valence-electron chi connectivity index (χ0n) is 14.3. The van der Waals surface area contributed by atoms with E-state index in [4.69, 9.17) is 4.74 Å². The van der Waals surface area contributed by atoms with Gasteiger partial charge < -0.3 is 9.64 Å². The fourth-order valence-electron chi connectivity index (χ4n) is 3.26. The molecule has 0 atom stereocenters. The summed E-state index contributed by atoms with van der Waals surface area (Å²) in [5.41, 5.74) is -0.307. The third kappa shape index (κ3) is 3.17. The van der Waals surface area contributed by atoms with Crippen molar-refractivity contribution in [2.24, 2.45) is 0 Å². The summed E-state index contributed by atoms with van der Waals surface area (Å²) in [6.07, 6.45) is -4.61. The van der Waals surface area contributed by atoms with E-state index in [9.17, 15) is 13.2 Å². The fraction of sp³-hybridized carbons (Fsp3) is 0.667. The fourth-order valence-corrected chi connectivity index (χ4v) is 3.26. The molecule has 3 rings (SSSR count). The second kappa shape index (κ2) is 5.05. The van der Waals surface area contributed by atoms with Gasteiger partial charge in [0.15, 0.2) is 0 Å². The van der Waals surface area contributed by atoms with Gasteiger partial charge in [0.05, 0.1) is 11.2 Å². The molecule has 3 heterocycles. The standard InChI is InChI=1S/C15H20F3N5O/c1-9-6-10(22-7-13(2,3)24-14(4,5)8-22)23-12(19-9)20-11(21-23)15(16,17)18/h6H,7-8H2,1-5H3. The van der Waals surface area contributed by atoms with Crippen LogP contribution in [0.25, 0.3) is 5.78 Å². The van der Waals surface area contributed by atoms with Gasteiger partial charge in [0, 0.05) is 24.8 Å². The van der Waals surface area contributed by atoms with E-state index in [1.807, 2.05) is 32.6 Å². The third-order valence-corrected chi connectivity index (χ3v) is 3.69. The molecule has 2 aromatic heterocycles. The predicted molar refractivity (Wildman–Crippen MR) is 82.0 cm³/mol. The van der Waals surface area contributed by atoms with Gasteiger partial charge in [-0.25, -0.2) is 4.98 Å². The summed E-state index contributed by atoms with van der Waals surface area (Å²) in [7, 11) is 0. The van der Waals surface area contributed by atoms with Gasteiger partial charge in [-0.05, 0) is 34.6 Å². The van der Waals surface area contributed by atoms with Crippen LogP contribution in [0.2, 0.25) is 0 Å². The molecule has 1 fully saturated rings.